The van der Waals surface area contributed by atoms with Gasteiger partial charge in [0.15, 0.2) is 11.5 Å². The first-order chi connectivity index (χ1) is 10.1. The first-order valence-electron chi connectivity index (χ1n) is 6.45. The fourth-order valence-electron chi connectivity index (χ4n) is 2.35. The van der Waals surface area contributed by atoms with Crippen molar-refractivity contribution in [1.82, 2.24) is 5.32 Å². The minimum absolute atomic E-state index is 0.365. The molecule has 1 atom stereocenters. The minimum Gasteiger partial charge on any atom is -0.493 e. The molecule has 0 bridgehead atoms. The van der Waals surface area contributed by atoms with Crippen molar-refractivity contribution in [2.45, 2.75) is 6.04 Å². The summed E-state index contributed by atoms with van der Waals surface area (Å²) in [4.78, 5) is 0. The molecule has 0 fully saturated rings. The van der Waals surface area contributed by atoms with Gasteiger partial charge in [-0.2, -0.15) is 0 Å². The van der Waals surface area contributed by atoms with Crippen molar-refractivity contribution in [3.8, 4) is 11.5 Å². The number of hydrogen-bond donors (Lipinski definition) is 1. The van der Waals surface area contributed by atoms with E-state index < -0.39 is 0 Å². The van der Waals surface area contributed by atoms with Gasteiger partial charge in [0.2, 0.25) is 0 Å². The topological polar surface area (TPSA) is 30.5 Å². The Labute approximate surface area is 128 Å². The molecule has 0 spiro atoms. The fourth-order valence-corrected chi connectivity index (χ4v) is 2.51. The van der Waals surface area contributed by atoms with Crippen molar-refractivity contribution in [3.05, 3.63) is 58.4 Å². The van der Waals surface area contributed by atoms with Crippen molar-refractivity contribution in [3.63, 3.8) is 0 Å². The van der Waals surface area contributed by atoms with Gasteiger partial charge in [-0.05, 0) is 25.2 Å². The van der Waals surface area contributed by atoms with Gasteiger partial charge in [0.1, 0.15) is 5.82 Å². The van der Waals surface area contributed by atoms with Crippen molar-refractivity contribution < 1.29 is 13.9 Å². The molecule has 0 saturated heterocycles. The number of para-hydroxylation sites is 1. The summed E-state index contributed by atoms with van der Waals surface area (Å²) in [6.45, 7) is 0. The van der Waals surface area contributed by atoms with E-state index in [1.54, 1.807) is 39.5 Å². The van der Waals surface area contributed by atoms with Crippen LogP contribution in [-0.2, 0) is 0 Å². The Kier molecular flexibility index (Phi) is 5.04. The molecule has 1 N–H and O–H groups in total. The molecule has 0 aliphatic heterocycles. The van der Waals surface area contributed by atoms with Crippen molar-refractivity contribution in [2.24, 2.45) is 0 Å². The van der Waals surface area contributed by atoms with Gasteiger partial charge in [-0.15, -0.1) is 0 Å². The van der Waals surface area contributed by atoms with E-state index in [0.29, 0.717) is 22.1 Å². The van der Waals surface area contributed by atoms with Gasteiger partial charge in [0.05, 0.1) is 20.3 Å². The summed E-state index contributed by atoms with van der Waals surface area (Å²) in [5, 5.41) is 3.47. The Morgan fingerprint density at radius 2 is 1.86 bits per heavy atom. The van der Waals surface area contributed by atoms with Gasteiger partial charge in [-0.25, -0.2) is 4.39 Å². The molecule has 1 unspecified atom stereocenters. The van der Waals surface area contributed by atoms with Crippen LogP contribution < -0.4 is 14.8 Å². The Morgan fingerprint density at radius 3 is 2.43 bits per heavy atom. The molecule has 0 heterocycles. The molecule has 2 aromatic carbocycles. The number of rotatable bonds is 5. The smallest absolute Gasteiger partial charge is 0.165 e. The quantitative estimate of drug-likeness (QED) is 0.911. The van der Waals surface area contributed by atoms with Crippen LogP contribution >= 0.6 is 11.6 Å². The van der Waals surface area contributed by atoms with E-state index in [9.17, 15) is 4.39 Å². The normalized spacial score (nSPS) is 12.0. The van der Waals surface area contributed by atoms with Crippen LogP contribution in [0.15, 0.2) is 36.4 Å². The predicted molar refractivity (Wildman–Crippen MR) is 81.9 cm³/mol. The molecule has 112 valence electrons. The number of benzene rings is 2. The van der Waals surface area contributed by atoms with E-state index >= 15 is 0 Å². The lowest BCUT2D eigenvalue weighted by Gasteiger charge is -2.21. The third-order valence-corrected chi connectivity index (χ3v) is 3.54. The van der Waals surface area contributed by atoms with Crippen LogP contribution in [0, 0.1) is 5.82 Å². The average Bonchev–Trinajstić information content (AvgIpc) is 2.49. The number of halogens is 2. The molecule has 21 heavy (non-hydrogen) atoms. The molecule has 0 amide bonds. The van der Waals surface area contributed by atoms with Gasteiger partial charge in [-0.1, -0.05) is 29.8 Å². The van der Waals surface area contributed by atoms with Crippen LogP contribution in [-0.4, -0.2) is 21.3 Å². The molecule has 0 saturated carbocycles. The molecule has 3 nitrogen and oxygen atoms in total. The van der Waals surface area contributed by atoms with Gasteiger partial charge in [-0.3, -0.25) is 0 Å². The Morgan fingerprint density at radius 1 is 1.10 bits per heavy atom. The van der Waals surface area contributed by atoms with E-state index in [0.717, 1.165) is 5.56 Å². The SMILES string of the molecule is CNC(c1ccc(Cl)cc1F)c1cccc(OC)c1OC. The zero-order valence-corrected chi connectivity index (χ0v) is 12.9. The minimum atomic E-state index is -0.369. The fraction of sp³-hybridized carbons (Fsp3) is 0.250. The maximum absolute atomic E-state index is 14.2. The van der Waals surface area contributed by atoms with Gasteiger partial charge in [0, 0.05) is 16.1 Å². The van der Waals surface area contributed by atoms with Crippen LogP contribution in [0.5, 0.6) is 11.5 Å². The lowest BCUT2D eigenvalue weighted by atomic mass is 9.97. The van der Waals surface area contributed by atoms with Crippen LogP contribution in [0.1, 0.15) is 17.2 Å². The number of ether oxygens (including phenoxy) is 2. The second-order valence-corrected chi connectivity index (χ2v) is 4.91. The molecule has 0 aliphatic rings. The van der Waals surface area contributed by atoms with E-state index in [2.05, 4.69) is 5.32 Å². The highest BCUT2D eigenvalue weighted by molar-refractivity contribution is 6.30. The van der Waals surface area contributed by atoms with Crippen LogP contribution in [0.2, 0.25) is 5.02 Å². The first-order valence-corrected chi connectivity index (χ1v) is 6.83. The first kappa shape index (κ1) is 15.6. The zero-order valence-electron chi connectivity index (χ0n) is 12.1. The van der Waals surface area contributed by atoms with Crippen LogP contribution in [0.3, 0.4) is 0 Å². The van der Waals surface area contributed by atoms with Gasteiger partial charge < -0.3 is 14.8 Å². The Balaban J connectivity index is 2.56. The third kappa shape index (κ3) is 3.12. The molecular weight excluding hydrogens is 293 g/mol. The average molecular weight is 310 g/mol. The highest BCUT2D eigenvalue weighted by Crippen LogP contribution is 2.37. The summed E-state index contributed by atoms with van der Waals surface area (Å²) in [7, 11) is 4.89. The van der Waals surface area contributed by atoms with Crippen LogP contribution in [0.4, 0.5) is 4.39 Å². The molecule has 0 aromatic heterocycles. The van der Waals surface area contributed by atoms with Crippen molar-refractivity contribution >= 4 is 11.6 Å². The molecule has 2 rings (SSSR count). The monoisotopic (exact) mass is 309 g/mol. The van der Waals surface area contributed by atoms with Crippen molar-refractivity contribution in [2.75, 3.05) is 21.3 Å². The summed E-state index contributed by atoms with van der Waals surface area (Å²) in [6.07, 6.45) is 0. The predicted octanol–water partition coefficient (Wildman–Crippen LogP) is 3.81. The van der Waals surface area contributed by atoms with E-state index in [-0.39, 0.29) is 11.9 Å². The Bertz CT molecular complexity index is 634. The molecule has 2 aromatic rings. The summed E-state index contributed by atoms with van der Waals surface area (Å²) in [5.41, 5.74) is 1.29. The standard InChI is InChI=1S/C16H17ClFNO2/c1-19-15(11-8-7-10(17)9-13(11)18)12-5-4-6-14(20-2)16(12)21-3/h4-9,15,19H,1-3H3. The number of hydrogen-bond acceptors (Lipinski definition) is 3. The summed E-state index contributed by atoms with van der Waals surface area (Å²) < 4.78 is 24.9. The lowest BCUT2D eigenvalue weighted by molar-refractivity contribution is 0.349. The summed E-state index contributed by atoms with van der Waals surface area (Å²) in [6, 6.07) is 9.77. The van der Waals surface area contributed by atoms with E-state index in [1.807, 2.05) is 12.1 Å². The molecule has 0 aliphatic carbocycles. The second kappa shape index (κ2) is 6.78. The lowest BCUT2D eigenvalue weighted by Crippen LogP contribution is -2.20. The summed E-state index contributed by atoms with van der Waals surface area (Å²) in [5.74, 6) is 0.810. The van der Waals surface area contributed by atoms with Crippen LogP contribution in [0.25, 0.3) is 0 Å². The van der Waals surface area contributed by atoms with Gasteiger partial charge >= 0.3 is 0 Å². The highest BCUT2D eigenvalue weighted by Gasteiger charge is 2.22. The number of nitrogens with one attached hydrogen (secondary N) is 1. The van der Waals surface area contributed by atoms with E-state index in [1.165, 1.54) is 6.07 Å². The Hall–Kier alpha value is -1.78. The molecular formula is C16H17ClFNO2. The van der Waals surface area contributed by atoms with Gasteiger partial charge in [0.25, 0.3) is 0 Å². The maximum Gasteiger partial charge on any atom is 0.165 e. The third-order valence-electron chi connectivity index (χ3n) is 3.31. The van der Waals surface area contributed by atoms with Crippen molar-refractivity contribution in [1.29, 1.82) is 0 Å². The second-order valence-electron chi connectivity index (χ2n) is 4.47. The summed E-state index contributed by atoms with van der Waals surface area (Å²) >= 11 is 5.81. The molecule has 0 radical (unpaired) electrons. The maximum atomic E-state index is 14.2. The highest BCUT2D eigenvalue weighted by atomic mass is 35.5. The van der Waals surface area contributed by atoms with E-state index in [4.69, 9.17) is 21.1 Å². The molecule has 5 heteroatoms. The zero-order chi connectivity index (χ0) is 15.4. The number of methoxy groups -OCH3 is 2. The largest absolute Gasteiger partial charge is 0.493 e.